The Bertz CT molecular complexity index is 894. The first kappa shape index (κ1) is 15.5. The van der Waals surface area contributed by atoms with E-state index >= 15 is 0 Å². The van der Waals surface area contributed by atoms with E-state index in [0.717, 1.165) is 23.1 Å². The van der Waals surface area contributed by atoms with Gasteiger partial charge in [-0.3, -0.25) is 0 Å². The van der Waals surface area contributed by atoms with Gasteiger partial charge in [0.05, 0.1) is 10.6 Å². The molecule has 0 unspecified atom stereocenters. The van der Waals surface area contributed by atoms with Crippen LogP contribution in [0.5, 0.6) is 0 Å². The molecule has 1 N–H and O–H groups in total. The maximum absolute atomic E-state index is 11.5. The lowest BCUT2D eigenvalue weighted by atomic mass is 9.85. The molecule has 1 aliphatic carbocycles. The van der Waals surface area contributed by atoms with E-state index in [1.54, 1.807) is 24.3 Å². The van der Waals surface area contributed by atoms with Crippen molar-refractivity contribution in [2.45, 2.75) is 17.7 Å². The number of aryl methyl sites for hydroxylation is 1. The van der Waals surface area contributed by atoms with E-state index in [9.17, 15) is 13.6 Å². The predicted octanol–water partition coefficient (Wildman–Crippen LogP) is 3.41. The van der Waals surface area contributed by atoms with E-state index in [1.807, 2.05) is 24.3 Å². The van der Waals surface area contributed by atoms with E-state index in [0.29, 0.717) is 17.0 Å². The first-order chi connectivity index (χ1) is 11.0. The van der Waals surface area contributed by atoms with Crippen LogP contribution in [0.25, 0.3) is 11.6 Å². The summed E-state index contributed by atoms with van der Waals surface area (Å²) in [7, 11) is -3.20. The molecule has 2 aromatic rings. The fourth-order valence-corrected chi connectivity index (χ4v) is 3.42. The fourth-order valence-electron chi connectivity index (χ4n) is 2.79. The lowest BCUT2D eigenvalue weighted by Crippen LogP contribution is -2.12. The van der Waals surface area contributed by atoms with E-state index in [-0.39, 0.29) is 0 Å². The highest BCUT2D eigenvalue weighted by Crippen LogP contribution is 2.30. The average Bonchev–Trinajstić information content (AvgIpc) is 2.55. The van der Waals surface area contributed by atoms with E-state index in [1.165, 1.54) is 11.8 Å². The van der Waals surface area contributed by atoms with Gasteiger partial charge in [-0.25, -0.2) is 8.42 Å². The second-order valence-corrected chi connectivity index (χ2v) is 7.62. The Hall–Kier alpha value is -2.40. The third kappa shape index (κ3) is 3.19. The number of sulfone groups is 1. The number of hydrogen-bond donors (Lipinski definition) is 1. The smallest absolute Gasteiger partial charge is 0.175 e. The minimum atomic E-state index is -3.20. The Morgan fingerprint density at radius 1 is 1.04 bits per heavy atom. The highest BCUT2D eigenvalue weighted by Gasteiger charge is 2.20. The first-order valence-corrected chi connectivity index (χ1v) is 9.19. The molecular formula is C18H17NO3S. The number of allylic oxidation sites excluding steroid dienone is 1. The summed E-state index contributed by atoms with van der Waals surface area (Å²) in [5.74, 6) is 0. The molecule has 4 nitrogen and oxygen atoms in total. The van der Waals surface area contributed by atoms with Gasteiger partial charge in [0.25, 0.3) is 0 Å². The highest BCUT2D eigenvalue weighted by molar-refractivity contribution is 7.90. The Morgan fingerprint density at radius 2 is 1.74 bits per heavy atom. The average molecular weight is 327 g/mol. The van der Waals surface area contributed by atoms with Crippen LogP contribution >= 0.6 is 0 Å². The second-order valence-electron chi connectivity index (χ2n) is 5.60. The van der Waals surface area contributed by atoms with Crippen molar-refractivity contribution in [2.24, 2.45) is 5.16 Å². The van der Waals surface area contributed by atoms with Crippen molar-refractivity contribution in [1.82, 2.24) is 0 Å². The van der Waals surface area contributed by atoms with Gasteiger partial charge in [0, 0.05) is 11.8 Å². The molecule has 0 atom stereocenters. The summed E-state index contributed by atoms with van der Waals surface area (Å²) in [6.45, 7) is 0. The molecule has 5 heteroatoms. The molecule has 0 amide bonds. The van der Waals surface area contributed by atoms with Crippen molar-refractivity contribution < 1.29 is 13.6 Å². The van der Waals surface area contributed by atoms with Gasteiger partial charge in [0.15, 0.2) is 9.84 Å². The monoisotopic (exact) mass is 327 g/mol. The van der Waals surface area contributed by atoms with Crippen molar-refractivity contribution in [3.8, 4) is 0 Å². The SMILES string of the molecule is CS(=O)(=O)c1ccc(C=C2C(=NO)CCc3ccccc32)cc1. The van der Waals surface area contributed by atoms with Crippen molar-refractivity contribution in [2.75, 3.05) is 6.26 Å². The molecule has 0 radical (unpaired) electrons. The Morgan fingerprint density at radius 3 is 2.39 bits per heavy atom. The fraction of sp³-hybridized carbons (Fsp3) is 0.167. The summed E-state index contributed by atoms with van der Waals surface area (Å²) < 4.78 is 23.1. The summed E-state index contributed by atoms with van der Waals surface area (Å²) in [5.41, 5.74) is 4.67. The normalized spacial score (nSPS) is 18.1. The van der Waals surface area contributed by atoms with Crippen molar-refractivity contribution in [3.63, 3.8) is 0 Å². The van der Waals surface area contributed by atoms with Crippen LogP contribution in [0, 0.1) is 0 Å². The molecule has 0 saturated heterocycles. The summed E-state index contributed by atoms with van der Waals surface area (Å²) >= 11 is 0. The van der Waals surface area contributed by atoms with E-state index in [2.05, 4.69) is 11.2 Å². The first-order valence-electron chi connectivity index (χ1n) is 7.30. The largest absolute Gasteiger partial charge is 0.411 e. The second kappa shape index (κ2) is 6.01. The van der Waals surface area contributed by atoms with Gasteiger partial charge < -0.3 is 5.21 Å². The number of hydrogen-bond acceptors (Lipinski definition) is 4. The third-order valence-electron chi connectivity index (χ3n) is 3.99. The van der Waals surface area contributed by atoms with Crippen LogP contribution in [0.2, 0.25) is 0 Å². The summed E-state index contributed by atoms with van der Waals surface area (Å²) in [6, 6.07) is 14.7. The number of oxime groups is 1. The maximum atomic E-state index is 11.5. The van der Waals surface area contributed by atoms with Crippen molar-refractivity contribution in [1.29, 1.82) is 0 Å². The van der Waals surface area contributed by atoms with Crippen LogP contribution in [-0.2, 0) is 16.3 Å². The number of nitrogens with zero attached hydrogens (tertiary/aromatic N) is 1. The standard InChI is InChI=1S/C18H17NO3S/c1-23(21,22)15-9-6-13(7-10-15)12-17-16-5-3-2-4-14(16)8-11-18(17)19-20/h2-7,9-10,12,20H,8,11H2,1H3. The zero-order valence-corrected chi connectivity index (χ0v) is 13.5. The van der Waals surface area contributed by atoms with Crippen LogP contribution in [0.15, 0.2) is 58.6 Å². The lowest BCUT2D eigenvalue weighted by Gasteiger charge is -2.20. The molecule has 0 saturated carbocycles. The predicted molar refractivity (Wildman–Crippen MR) is 91.4 cm³/mol. The maximum Gasteiger partial charge on any atom is 0.175 e. The van der Waals surface area contributed by atoms with Gasteiger partial charge in [0.1, 0.15) is 0 Å². The molecule has 2 aromatic carbocycles. The van der Waals surface area contributed by atoms with Crippen LogP contribution < -0.4 is 0 Å². The molecule has 23 heavy (non-hydrogen) atoms. The zero-order valence-electron chi connectivity index (χ0n) is 12.7. The van der Waals surface area contributed by atoms with Gasteiger partial charge in [-0.1, -0.05) is 41.6 Å². The third-order valence-corrected chi connectivity index (χ3v) is 5.12. The number of fused-ring (bicyclic) bond motifs is 1. The lowest BCUT2D eigenvalue weighted by molar-refractivity contribution is 0.318. The molecule has 0 heterocycles. The van der Waals surface area contributed by atoms with E-state index in [4.69, 9.17) is 0 Å². The molecule has 0 bridgehead atoms. The highest BCUT2D eigenvalue weighted by atomic mass is 32.2. The minimum absolute atomic E-state index is 0.291. The molecule has 0 aliphatic heterocycles. The topological polar surface area (TPSA) is 66.7 Å². The van der Waals surface area contributed by atoms with Gasteiger partial charge >= 0.3 is 0 Å². The van der Waals surface area contributed by atoms with Crippen LogP contribution in [0.4, 0.5) is 0 Å². The summed E-state index contributed by atoms with van der Waals surface area (Å²) in [5, 5.41) is 12.7. The summed E-state index contributed by atoms with van der Waals surface area (Å²) in [6.07, 6.45) is 4.65. The van der Waals surface area contributed by atoms with Crippen LogP contribution in [0.3, 0.4) is 0 Å². The van der Waals surface area contributed by atoms with Gasteiger partial charge in [0.2, 0.25) is 0 Å². The van der Waals surface area contributed by atoms with Crippen LogP contribution in [-0.4, -0.2) is 25.6 Å². The Balaban J connectivity index is 2.07. The van der Waals surface area contributed by atoms with Crippen LogP contribution in [0.1, 0.15) is 23.1 Å². The summed E-state index contributed by atoms with van der Waals surface area (Å²) in [4.78, 5) is 0.291. The van der Waals surface area contributed by atoms with Gasteiger partial charge in [-0.2, -0.15) is 0 Å². The molecule has 118 valence electrons. The van der Waals surface area contributed by atoms with Crippen molar-refractivity contribution >= 4 is 27.2 Å². The van der Waals surface area contributed by atoms with E-state index < -0.39 is 9.84 Å². The zero-order chi connectivity index (χ0) is 16.4. The molecule has 0 fully saturated rings. The van der Waals surface area contributed by atoms with Gasteiger partial charge in [-0.05, 0) is 47.7 Å². The molecule has 3 rings (SSSR count). The van der Waals surface area contributed by atoms with Crippen molar-refractivity contribution in [3.05, 3.63) is 65.2 Å². The number of benzene rings is 2. The van der Waals surface area contributed by atoms with Gasteiger partial charge in [-0.15, -0.1) is 0 Å². The minimum Gasteiger partial charge on any atom is -0.411 e. The molecule has 1 aliphatic rings. The Labute approximate surface area is 135 Å². The Kier molecular flexibility index (Phi) is 4.05. The number of rotatable bonds is 2. The molecule has 0 spiro atoms. The molecule has 0 aromatic heterocycles. The molecular weight excluding hydrogens is 310 g/mol. The quantitative estimate of drug-likeness (QED) is 0.679.